The van der Waals surface area contributed by atoms with Gasteiger partial charge in [0.25, 0.3) is 10.0 Å². The second kappa shape index (κ2) is 10.3. The van der Waals surface area contributed by atoms with Gasteiger partial charge in [-0.05, 0) is 79.0 Å². The number of halogens is 6. The van der Waals surface area contributed by atoms with Crippen molar-refractivity contribution in [1.82, 2.24) is 5.32 Å². The van der Waals surface area contributed by atoms with Gasteiger partial charge >= 0.3 is 12.8 Å². The first-order valence-electron chi connectivity index (χ1n) is 11.9. The Hall–Kier alpha value is -3.45. The maximum atomic E-state index is 14.2. The summed E-state index contributed by atoms with van der Waals surface area (Å²) >= 11 is 0. The van der Waals surface area contributed by atoms with Crippen LogP contribution in [0.15, 0.2) is 65.6 Å². The number of nitrogens with one attached hydrogen (secondary N) is 1. The van der Waals surface area contributed by atoms with Crippen molar-refractivity contribution >= 4 is 15.7 Å². The van der Waals surface area contributed by atoms with Crippen molar-refractivity contribution in [3.8, 4) is 22.6 Å². The van der Waals surface area contributed by atoms with Gasteiger partial charge in [-0.2, -0.15) is 22.0 Å². The zero-order valence-electron chi connectivity index (χ0n) is 20.1. The zero-order valence-corrected chi connectivity index (χ0v) is 20.9. The molecule has 0 aromatic heterocycles. The molecule has 1 unspecified atom stereocenters. The molecule has 0 saturated carbocycles. The van der Waals surface area contributed by atoms with Crippen LogP contribution in [0.4, 0.5) is 32.0 Å². The predicted molar refractivity (Wildman–Crippen MR) is 130 cm³/mol. The summed E-state index contributed by atoms with van der Waals surface area (Å²) in [5.41, 5.74) is -0.725. The highest BCUT2D eigenvalue weighted by atomic mass is 32.2. The van der Waals surface area contributed by atoms with Crippen molar-refractivity contribution < 1.29 is 44.2 Å². The van der Waals surface area contributed by atoms with Crippen LogP contribution in [0.3, 0.4) is 0 Å². The minimum absolute atomic E-state index is 0.0217. The van der Waals surface area contributed by atoms with Gasteiger partial charge in [-0.25, -0.2) is 12.8 Å². The number of alkyl halides is 5. The summed E-state index contributed by atoms with van der Waals surface area (Å²) in [5, 5.41) is 3.12. The lowest BCUT2D eigenvalue weighted by Crippen LogP contribution is -2.49. The van der Waals surface area contributed by atoms with E-state index in [4.69, 9.17) is 4.74 Å². The molecule has 0 amide bonds. The number of sulfonamides is 1. The standard InChI is InChI=1S/C26H22F6N2O4S/c27-19-7-17(8-20(11-19)38-25(28)29)16-4-5-24-23(9-16)34(14-21(37-24)6-15-12-33-13-15)39(35,36)22-3-1-2-18(10-22)26(30,31)32/h1-5,7-11,15,21,25,33H,6,12-14H2. The monoisotopic (exact) mass is 572 g/mol. The molecule has 0 aliphatic carbocycles. The van der Waals surface area contributed by atoms with Crippen molar-refractivity contribution in [1.29, 1.82) is 0 Å². The Bertz CT molecular complexity index is 1480. The van der Waals surface area contributed by atoms with Crippen LogP contribution in [0.25, 0.3) is 11.1 Å². The number of fused-ring (bicyclic) bond motifs is 1. The molecule has 39 heavy (non-hydrogen) atoms. The third-order valence-corrected chi connectivity index (χ3v) is 8.31. The number of nitrogens with zero attached hydrogens (tertiary/aromatic N) is 1. The summed E-state index contributed by atoms with van der Waals surface area (Å²) in [4.78, 5) is -0.557. The Labute approximate surface area is 220 Å². The molecule has 6 nitrogen and oxygen atoms in total. The van der Waals surface area contributed by atoms with E-state index in [1.807, 2.05) is 0 Å². The second-order valence-electron chi connectivity index (χ2n) is 9.30. The highest BCUT2D eigenvalue weighted by Gasteiger charge is 2.38. The summed E-state index contributed by atoms with van der Waals surface area (Å²) in [6.07, 6.45) is -4.81. The molecule has 1 fully saturated rings. The minimum atomic E-state index is -4.75. The van der Waals surface area contributed by atoms with Gasteiger partial charge in [-0.1, -0.05) is 12.1 Å². The second-order valence-corrected chi connectivity index (χ2v) is 11.2. The van der Waals surface area contributed by atoms with E-state index >= 15 is 0 Å². The fourth-order valence-electron chi connectivity index (χ4n) is 4.59. The smallest absolute Gasteiger partial charge is 0.416 e. The van der Waals surface area contributed by atoms with Crippen LogP contribution in [-0.4, -0.2) is 40.8 Å². The van der Waals surface area contributed by atoms with Gasteiger partial charge < -0.3 is 14.8 Å². The molecule has 208 valence electrons. The SMILES string of the molecule is O=S(=O)(c1cccc(C(F)(F)F)c1)N1CC(CC2CNC2)Oc2ccc(-c3cc(F)cc(OC(F)F)c3)cc21. The lowest BCUT2D eigenvalue weighted by atomic mass is 9.95. The van der Waals surface area contributed by atoms with Crippen LogP contribution in [0, 0.1) is 11.7 Å². The first kappa shape index (κ1) is 27.1. The maximum absolute atomic E-state index is 14.2. The Kier molecular flexibility index (Phi) is 7.14. The summed E-state index contributed by atoms with van der Waals surface area (Å²) in [7, 11) is -4.51. The Morgan fingerprint density at radius 3 is 2.46 bits per heavy atom. The molecule has 1 saturated heterocycles. The van der Waals surface area contributed by atoms with Crippen molar-refractivity contribution in [3.05, 3.63) is 72.0 Å². The normalized spacial score (nSPS) is 17.9. The van der Waals surface area contributed by atoms with E-state index in [1.165, 1.54) is 24.3 Å². The lowest BCUT2D eigenvalue weighted by molar-refractivity contribution is -0.137. The van der Waals surface area contributed by atoms with E-state index in [0.29, 0.717) is 12.5 Å². The molecule has 0 spiro atoms. The summed E-state index contributed by atoms with van der Waals surface area (Å²) in [6, 6.07) is 10.8. The Balaban J connectivity index is 1.58. The molecule has 0 bridgehead atoms. The van der Waals surface area contributed by atoms with Crippen LogP contribution in [0.1, 0.15) is 12.0 Å². The van der Waals surface area contributed by atoms with Crippen LogP contribution in [-0.2, 0) is 16.2 Å². The van der Waals surface area contributed by atoms with Crippen molar-refractivity contribution in [3.63, 3.8) is 0 Å². The van der Waals surface area contributed by atoms with Gasteiger partial charge in [-0.15, -0.1) is 0 Å². The first-order valence-corrected chi connectivity index (χ1v) is 13.3. The fraction of sp³-hybridized carbons (Fsp3) is 0.308. The molecule has 2 heterocycles. The van der Waals surface area contributed by atoms with Crippen LogP contribution in [0.5, 0.6) is 11.5 Å². The highest BCUT2D eigenvalue weighted by molar-refractivity contribution is 7.92. The largest absolute Gasteiger partial charge is 0.486 e. The number of rotatable bonds is 7. The molecule has 2 aliphatic rings. The fourth-order valence-corrected chi connectivity index (χ4v) is 6.13. The molecular formula is C26H22F6N2O4S. The molecular weight excluding hydrogens is 550 g/mol. The van der Waals surface area contributed by atoms with Crippen molar-refractivity contribution in [2.45, 2.75) is 30.2 Å². The molecule has 13 heteroatoms. The number of ether oxygens (including phenoxy) is 2. The van der Waals surface area contributed by atoms with E-state index in [0.717, 1.165) is 47.7 Å². The molecule has 5 rings (SSSR count). The van der Waals surface area contributed by atoms with Crippen LogP contribution >= 0.6 is 0 Å². The van der Waals surface area contributed by atoms with Gasteiger partial charge in [0.2, 0.25) is 0 Å². The molecule has 0 radical (unpaired) electrons. The van der Waals surface area contributed by atoms with Gasteiger partial charge in [0.15, 0.2) is 0 Å². The molecule has 3 aromatic rings. The molecule has 3 aromatic carbocycles. The third-order valence-electron chi connectivity index (χ3n) is 6.53. The van der Waals surface area contributed by atoms with E-state index in [9.17, 15) is 34.8 Å². The Morgan fingerprint density at radius 1 is 1.03 bits per heavy atom. The number of benzene rings is 3. The molecule has 1 atom stereocenters. The van der Waals surface area contributed by atoms with Crippen LogP contribution in [0.2, 0.25) is 0 Å². The quantitative estimate of drug-likeness (QED) is 0.369. The average molecular weight is 573 g/mol. The van der Waals surface area contributed by atoms with Gasteiger partial charge in [0.1, 0.15) is 23.4 Å². The van der Waals surface area contributed by atoms with E-state index in [1.54, 1.807) is 0 Å². The highest BCUT2D eigenvalue weighted by Crippen LogP contribution is 2.42. The summed E-state index contributed by atoms with van der Waals surface area (Å²) < 4.78 is 118. The van der Waals surface area contributed by atoms with Crippen LogP contribution < -0.4 is 19.1 Å². The number of hydrogen-bond donors (Lipinski definition) is 1. The molecule has 1 N–H and O–H groups in total. The zero-order chi connectivity index (χ0) is 27.9. The van der Waals surface area contributed by atoms with Crippen molar-refractivity contribution in [2.24, 2.45) is 5.92 Å². The van der Waals surface area contributed by atoms with Gasteiger partial charge in [0, 0.05) is 6.07 Å². The summed E-state index contributed by atoms with van der Waals surface area (Å²) in [6.45, 7) is -1.90. The third kappa shape index (κ3) is 5.78. The summed E-state index contributed by atoms with van der Waals surface area (Å²) in [5.74, 6) is -0.885. The van der Waals surface area contributed by atoms with E-state index in [2.05, 4.69) is 10.1 Å². The van der Waals surface area contributed by atoms with Gasteiger partial charge in [0.05, 0.1) is 22.7 Å². The minimum Gasteiger partial charge on any atom is -0.486 e. The first-order chi connectivity index (χ1) is 18.4. The average Bonchev–Trinajstić information content (AvgIpc) is 2.84. The number of hydrogen-bond acceptors (Lipinski definition) is 5. The maximum Gasteiger partial charge on any atom is 0.416 e. The number of anilines is 1. The Morgan fingerprint density at radius 2 is 1.79 bits per heavy atom. The molecule has 2 aliphatic heterocycles. The van der Waals surface area contributed by atoms with E-state index < -0.39 is 50.9 Å². The lowest BCUT2D eigenvalue weighted by Gasteiger charge is -2.38. The topological polar surface area (TPSA) is 67.9 Å². The van der Waals surface area contributed by atoms with Crippen molar-refractivity contribution in [2.75, 3.05) is 23.9 Å². The van der Waals surface area contributed by atoms with Gasteiger partial charge in [-0.3, -0.25) is 4.31 Å². The van der Waals surface area contributed by atoms with E-state index in [-0.39, 0.29) is 35.0 Å². The predicted octanol–water partition coefficient (Wildman–Crippen LogP) is 5.68.